The molecule has 1 aliphatic carbocycles. The third-order valence-corrected chi connectivity index (χ3v) is 12.1. The summed E-state index contributed by atoms with van der Waals surface area (Å²) in [5.74, 6) is 0. The van der Waals surface area contributed by atoms with Gasteiger partial charge in [-0.1, -0.05) is 105 Å². The van der Waals surface area contributed by atoms with Crippen LogP contribution in [0.15, 0.2) is 146 Å². The van der Waals surface area contributed by atoms with Crippen LogP contribution in [0.4, 0.5) is 0 Å². The van der Waals surface area contributed by atoms with E-state index in [1.165, 1.54) is 97.4 Å². The zero-order valence-electron chi connectivity index (χ0n) is 26.7. The van der Waals surface area contributed by atoms with E-state index < -0.39 is 0 Å². The second kappa shape index (κ2) is 9.25. The molecule has 7 aromatic carbocycles. The van der Waals surface area contributed by atoms with Crippen LogP contribution in [0.1, 0.15) is 25.0 Å². The second-order valence-corrected chi connectivity index (χ2v) is 14.8. The summed E-state index contributed by atoms with van der Waals surface area (Å²) >= 11 is 1.89. The van der Waals surface area contributed by atoms with Crippen molar-refractivity contribution in [3.8, 4) is 22.5 Å². The van der Waals surface area contributed by atoms with E-state index in [-0.39, 0.29) is 5.41 Å². The van der Waals surface area contributed by atoms with E-state index in [4.69, 9.17) is 0 Å². The molecule has 0 fully saturated rings. The van der Waals surface area contributed by atoms with Crippen LogP contribution < -0.4 is 0 Å². The van der Waals surface area contributed by atoms with Crippen LogP contribution in [0.5, 0.6) is 0 Å². The van der Waals surface area contributed by atoms with Crippen LogP contribution in [0, 0.1) is 0 Å². The number of aromatic nitrogens is 2. The summed E-state index contributed by atoms with van der Waals surface area (Å²) in [6.45, 7) is 4.79. The lowest BCUT2D eigenvalue weighted by molar-refractivity contribution is 0.659. The molecule has 0 bridgehead atoms. The molecule has 0 unspecified atom stereocenters. The van der Waals surface area contributed by atoms with Gasteiger partial charge in [0.1, 0.15) is 0 Å². The molecule has 3 heteroatoms. The molecule has 0 atom stereocenters. The number of hydrogen-bond donors (Lipinski definition) is 0. The van der Waals surface area contributed by atoms with Crippen LogP contribution in [-0.4, -0.2) is 9.13 Å². The number of nitrogens with zero attached hydrogens (tertiary/aromatic N) is 2. The third kappa shape index (κ3) is 3.31. The lowest BCUT2D eigenvalue weighted by atomic mass is 9.82. The highest BCUT2D eigenvalue weighted by molar-refractivity contribution is 7.26. The van der Waals surface area contributed by atoms with Gasteiger partial charge in [0.2, 0.25) is 0 Å². The number of fused-ring (bicyclic) bond motifs is 13. The van der Waals surface area contributed by atoms with Crippen molar-refractivity contribution in [1.29, 1.82) is 0 Å². The molecule has 0 radical (unpaired) electrons. The van der Waals surface area contributed by atoms with Gasteiger partial charge in [-0.15, -0.1) is 11.3 Å². The van der Waals surface area contributed by atoms with Gasteiger partial charge in [0.15, 0.2) is 0 Å². The first-order chi connectivity index (χ1) is 23.6. The van der Waals surface area contributed by atoms with Gasteiger partial charge in [0.05, 0.1) is 22.1 Å². The number of thiophene rings is 1. The van der Waals surface area contributed by atoms with E-state index in [9.17, 15) is 0 Å². The van der Waals surface area contributed by atoms with Gasteiger partial charge in [-0.25, -0.2) is 0 Å². The van der Waals surface area contributed by atoms with Crippen molar-refractivity contribution in [2.75, 3.05) is 0 Å². The topological polar surface area (TPSA) is 9.86 Å². The Labute approximate surface area is 281 Å². The maximum absolute atomic E-state index is 2.52. The smallest absolute Gasteiger partial charge is 0.0634 e. The van der Waals surface area contributed by atoms with Crippen molar-refractivity contribution < 1.29 is 0 Å². The average molecular weight is 631 g/mol. The van der Waals surface area contributed by atoms with Crippen molar-refractivity contribution in [2.24, 2.45) is 0 Å². The van der Waals surface area contributed by atoms with Crippen LogP contribution in [0.2, 0.25) is 0 Å². The van der Waals surface area contributed by atoms with E-state index >= 15 is 0 Å². The predicted octanol–water partition coefficient (Wildman–Crippen LogP) is 12.6. The Morgan fingerprint density at radius 2 is 0.938 bits per heavy atom. The largest absolute Gasteiger partial charge is 0.309 e. The molecule has 2 nitrogen and oxygen atoms in total. The highest BCUT2D eigenvalue weighted by Gasteiger charge is 2.36. The molecule has 1 aliphatic rings. The zero-order chi connectivity index (χ0) is 31.7. The summed E-state index contributed by atoms with van der Waals surface area (Å²) in [5, 5.41) is 7.87. The molecule has 0 amide bonds. The van der Waals surface area contributed by atoms with Crippen molar-refractivity contribution in [3.63, 3.8) is 0 Å². The molecule has 226 valence electrons. The predicted molar refractivity (Wildman–Crippen MR) is 206 cm³/mol. The summed E-state index contributed by atoms with van der Waals surface area (Å²) in [6, 6.07) is 54.2. The fourth-order valence-corrected chi connectivity index (χ4v) is 9.83. The minimum absolute atomic E-state index is 0.168. The molecular weight excluding hydrogens is 601 g/mol. The lowest BCUT2D eigenvalue weighted by Crippen LogP contribution is -2.16. The van der Waals surface area contributed by atoms with Gasteiger partial charge < -0.3 is 9.13 Å². The Morgan fingerprint density at radius 3 is 1.56 bits per heavy atom. The lowest BCUT2D eigenvalue weighted by Gasteiger charge is -2.23. The number of benzene rings is 7. The van der Waals surface area contributed by atoms with Gasteiger partial charge in [-0.3, -0.25) is 0 Å². The molecule has 0 saturated heterocycles. The molecular formula is C45H30N2S. The van der Waals surface area contributed by atoms with E-state index in [2.05, 4.69) is 169 Å². The van der Waals surface area contributed by atoms with E-state index in [0.29, 0.717) is 0 Å². The second-order valence-electron chi connectivity index (χ2n) is 13.7. The van der Waals surface area contributed by atoms with Crippen LogP contribution in [0.25, 0.3) is 86.3 Å². The first-order valence-electron chi connectivity index (χ1n) is 16.7. The number of para-hydroxylation sites is 3. The summed E-state index contributed by atoms with van der Waals surface area (Å²) in [7, 11) is 0. The fourth-order valence-electron chi connectivity index (χ4n) is 8.73. The Hall–Kier alpha value is -5.64. The number of hydrogen-bond acceptors (Lipinski definition) is 1. The number of rotatable bonds is 2. The summed E-state index contributed by atoms with van der Waals surface area (Å²) in [6.07, 6.45) is 0. The molecule has 3 aromatic heterocycles. The monoisotopic (exact) mass is 630 g/mol. The maximum Gasteiger partial charge on any atom is 0.0634 e. The summed E-state index contributed by atoms with van der Waals surface area (Å²) in [5.41, 5.74) is 12.7. The Morgan fingerprint density at radius 1 is 0.438 bits per heavy atom. The van der Waals surface area contributed by atoms with Crippen LogP contribution >= 0.6 is 11.3 Å². The Kier molecular flexibility index (Phi) is 5.09. The molecule has 0 spiro atoms. The van der Waals surface area contributed by atoms with E-state index in [1.807, 2.05) is 11.3 Å². The highest BCUT2D eigenvalue weighted by atomic mass is 32.1. The van der Waals surface area contributed by atoms with E-state index in [0.717, 1.165) is 0 Å². The molecule has 10 aromatic rings. The van der Waals surface area contributed by atoms with Crippen molar-refractivity contribution in [3.05, 3.63) is 157 Å². The highest BCUT2D eigenvalue weighted by Crippen LogP contribution is 2.51. The quantitative estimate of drug-likeness (QED) is 0.180. The van der Waals surface area contributed by atoms with Gasteiger partial charge in [-0.2, -0.15) is 0 Å². The minimum Gasteiger partial charge on any atom is -0.309 e. The molecule has 48 heavy (non-hydrogen) atoms. The average Bonchev–Trinajstić information content (AvgIpc) is 3.83. The molecule has 0 N–H and O–H groups in total. The normalized spacial score (nSPS) is 13.8. The maximum atomic E-state index is 2.52. The van der Waals surface area contributed by atoms with E-state index in [1.54, 1.807) is 0 Å². The van der Waals surface area contributed by atoms with Gasteiger partial charge in [-0.05, 0) is 76.9 Å². The molecule has 0 saturated carbocycles. The Balaban J connectivity index is 1.14. The van der Waals surface area contributed by atoms with Gasteiger partial charge in [0, 0.05) is 58.5 Å². The van der Waals surface area contributed by atoms with Crippen LogP contribution in [0.3, 0.4) is 0 Å². The minimum atomic E-state index is -0.168. The van der Waals surface area contributed by atoms with Gasteiger partial charge >= 0.3 is 0 Å². The van der Waals surface area contributed by atoms with Crippen molar-refractivity contribution >= 4 is 75.1 Å². The first-order valence-corrected chi connectivity index (χ1v) is 17.5. The molecule has 0 aliphatic heterocycles. The fraction of sp³-hybridized carbons (Fsp3) is 0.0667. The zero-order valence-corrected chi connectivity index (χ0v) is 27.5. The van der Waals surface area contributed by atoms with Gasteiger partial charge in [0.25, 0.3) is 0 Å². The molecule has 11 rings (SSSR count). The SMILES string of the molecule is CC1(C)c2cc(-n3c4ccccc4c4ccccc43)ccc2-c2ccc(-n3c4ccccc4c4ccc5sc6ccccc6c5c43)cc21. The standard InChI is InChI=1S/C45H30N2S/c1-45(2)36-25-27(46-38-15-7-3-11-31(38)32-12-4-8-16-39(32)46)19-21-29(36)30-22-20-28(26-37(30)45)47-40-17-9-5-13-33(40)34-23-24-42-43(44(34)47)35-14-6-10-18-41(35)48-42/h3-26H,1-2H3. The summed E-state index contributed by atoms with van der Waals surface area (Å²) < 4.78 is 7.62. The first kappa shape index (κ1) is 26.4. The van der Waals surface area contributed by atoms with Crippen molar-refractivity contribution in [1.82, 2.24) is 9.13 Å². The van der Waals surface area contributed by atoms with Crippen LogP contribution in [-0.2, 0) is 5.41 Å². The third-order valence-electron chi connectivity index (χ3n) is 10.9. The van der Waals surface area contributed by atoms with Crippen molar-refractivity contribution in [2.45, 2.75) is 19.3 Å². The summed E-state index contributed by atoms with van der Waals surface area (Å²) in [4.78, 5) is 0. The Bertz CT molecular complexity index is 2930. The molecule has 3 heterocycles.